The van der Waals surface area contributed by atoms with Gasteiger partial charge in [0.2, 0.25) is 6.79 Å². The number of halogens is 2. The second-order valence-corrected chi connectivity index (χ2v) is 9.59. The van der Waals surface area contributed by atoms with Crippen LogP contribution < -0.4 is 26.0 Å². The summed E-state index contributed by atoms with van der Waals surface area (Å²) in [7, 11) is 0. The maximum Gasteiger partial charge on any atom is 0.336 e. The predicted molar refractivity (Wildman–Crippen MR) is 148 cm³/mol. The zero-order valence-corrected chi connectivity index (χ0v) is 21.7. The Balaban J connectivity index is 1.42. The Hall–Kier alpha value is -4.89. The Morgan fingerprint density at radius 3 is 2.52 bits per heavy atom. The second-order valence-electron chi connectivity index (χ2n) is 9.18. The maximum atomic E-state index is 13.8. The molecule has 0 radical (unpaired) electrons. The third-order valence-corrected chi connectivity index (χ3v) is 7.01. The number of rotatable bonds is 6. The van der Waals surface area contributed by atoms with Crippen molar-refractivity contribution >= 4 is 28.4 Å². The number of aromatic nitrogens is 2. The fraction of sp³-hybridized carbons (Fsp3) is 0.100. The largest absolute Gasteiger partial charge is 0.454 e. The number of nitrogens with one attached hydrogen (secondary N) is 1. The summed E-state index contributed by atoms with van der Waals surface area (Å²) in [5, 5.41) is 3.22. The molecule has 0 saturated heterocycles. The molecule has 8 nitrogen and oxygen atoms in total. The van der Waals surface area contributed by atoms with Gasteiger partial charge in [0.1, 0.15) is 5.82 Å². The van der Waals surface area contributed by atoms with Crippen LogP contribution in [0.1, 0.15) is 21.5 Å². The van der Waals surface area contributed by atoms with E-state index < -0.39 is 23.0 Å². The number of hydrogen-bond donors (Lipinski definition) is 1. The summed E-state index contributed by atoms with van der Waals surface area (Å²) in [4.78, 5) is 40.4. The van der Waals surface area contributed by atoms with Crippen LogP contribution in [0, 0.1) is 5.82 Å². The van der Waals surface area contributed by atoms with Crippen LogP contribution in [0.2, 0.25) is 5.02 Å². The van der Waals surface area contributed by atoms with Crippen molar-refractivity contribution in [1.29, 1.82) is 0 Å². The summed E-state index contributed by atoms with van der Waals surface area (Å²) in [6.07, 6.45) is 0. The lowest BCUT2D eigenvalue weighted by atomic mass is 10.1. The highest BCUT2D eigenvalue weighted by Crippen LogP contribution is 2.32. The molecule has 0 saturated carbocycles. The lowest BCUT2D eigenvalue weighted by Crippen LogP contribution is -2.39. The highest BCUT2D eigenvalue weighted by Gasteiger charge is 2.19. The maximum absolute atomic E-state index is 13.8. The quantitative estimate of drug-likeness (QED) is 0.328. The molecule has 2 heterocycles. The number of para-hydroxylation sites is 1. The zero-order chi connectivity index (χ0) is 27.8. The number of fused-ring (bicyclic) bond motifs is 2. The standard InChI is InChI=1S/C30H21ClFN3O5/c31-24-14-21(32)9-7-20(24)16-34-25-13-19(28(36)33-15-18-6-11-26-27(12-18)40-17-39-26)8-10-23(25)29(37)35(30(34)38)22-4-2-1-3-5-22/h1-14H,15-17H2,(H,33,36). The summed E-state index contributed by atoms with van der Waals surface area (Å²) in [6.45, 7) is 0.323. The Bertz CT molecular complexity index is 1900. The third kappa shape index (κ3) is 4.71. The fourth-order valence-corrected chi connectivity index (χ4v) is 4.85. The van der Waals surface area contributed by atoms with Gasteiger partial charge in [-0.3, -0.25) is 14.2 Å². The molecular weight excluding hydrogens is 537 g/mol. The molecule has 0 bridgehead atoms. The number of hydrogen-bond acceptors (Lipinski definition) is 5. The van der Waals surface area contributed by atoms with Crippen molar-refractivity contribution in [3.05, 3.63) is 133 Å². The van der Waals surface area contributed by atoms with Gasteiger partial charge >= 0.3 is 5.69 Å². The van der Waals surface area contributed by atoms with Crippen molar-refractivity contribution in [3.63, 3.8) is 0 Å². The fourth-order valence-electron chi connectivity index (χ4n) is 4.62. The minimum Gasteiger partial charge on any atom is -0.454 e. The van der Waals surface area contributed by atoms with Crippen LogP contribution in [-0.2, 0) is 13.1 Å². The number of amides is 1. The van der Waals surface area contributed by atoms with Crippen LogP contribution in [0.4, 0.5) is 4.39 Å². The van der Waals surface area contributed by atoms with E-state index in [-0.39, 0.29) is 41.4 Å². The molecule has 1 amide bonds. The van der Waals surface area contributed by atoms with E-state index in [9.17, 15) is 18.8 Å². The number of benzene rings is 4. The molecule has 1 aromatic heterocycles. The second kappa shape index (κ2) is 10.3. The van der Waals surface area contributed by atoms with Crippen molar-refractivity contribution in [2.24, 2.45) is 0 Å². The topological polar surface area (TPSA) is 91.6 Å². The van der Waals surface area contributed by atoms with Crippen LogP contribution in [0.5, 0.6) is 11.5 Å². The van der Waals surface area contributed by atoms with E-state index in [4.69, 9.17) is 21.1 Å². The first kappa shape index (κ1) is 25.4. The smallest absolute Gasteiger partial charge is 0.336 e. The molecular formula is C30H21ClFN3O5. The number of nitrogens with zero attached hydrogens (tertiary/aromatic N) is 2. The lowest BCUT2D eigenvalue weighted by Gasteiger charge is -2.16. The van der Waals surface area contributed by atoms with Gasteiger partial charge in [-0.25, -0.2) is 13.8 Å². The van der Waals surface area contributed by atoms with E-state index in [1.807, 2.05) is 6.07 Å². The Morgan fingerprint density at radius 2 is 1.73 bits per heavy atom. The van der Waals surface area contributed by atoms with Gasteiger partial charge < -0.3 is 14.8 Å². The lowest BCUT2D eigenvalue weighted by molar-refractivity contribution is 0.0951. The minimum atomic E-state index is -0.623. The normalized spacial score (nSPS) is 12.1. The number of carbonyl (C=O) groups excluding carboxylic acids is 1. The van der Waals surface area contributed by atoms with E-state index in [1.54, 1.807) is 42.5 Å². The van der Waals surface area contributed by atoms with E-state index in [2.05, 4.69) is 5.32 Å². The Labute approximate surface area is 231 Å². The SMILES string of the molecule is O=C(NCc1ccc2c(c1)OCO2)c1ccc2c(=O)n(-c3ccccc3)c(=O)n(Cc3ccc(F)cc3Cl)c2c1. The van der Waals surface area contributed by atoms with Crippen LogP contribution in [0.3, 0.4) is 0 Å². The summed E-state index contributed by atoms with van der Waals surface area (Å²) in [6, 6.07) is 22.4. The van der Waals surface area contributed by atoms with Crippen LogP contribution >= 0.6 is 11.6 Å². The predicted octanol–water partition coefficient (Wildman–Crippen LogP) is 4.65. The Kier molecular flexibility index (Phi) is 6.57. The van der Waals surface area contributed by atoms with Gasteiger partial charge in [0, 0.05) is 17.1 Å². The van der Waals surface area contributed by atoms with Gasteiger partial charge in [-0.05, 0) is 65.7 Å². The van der Waals surface area contributed by atoms with E-state index in [1.165, 1.54) is 34.9 Å². The molecule has 40 heavy (non-hydrogen) atoms. The van der Waals surface area contributed by atoms with Crippen molar-refractivity contribution < 1.29 is 18.7 Å². The van der Waals surface area contributed by atoms with E-state index in [0.29, 0.717) is 22.7 Å². The average Bonchev–Trinajstić information content (AvgIpc) is 3.43. The first-order valence-electron chi connectivity index (χ1n) is 12.3. The first-order chi connectivity index (χ1) is 19.4. The molecule has 0 atom stereocenters. The van der Waals surface area contributed by atoms with Crippen molar-refractivity contribution in [3.8, 4) is 17.2 Å². The van der Waals surface area contributed by atoms with E-state index >= 15 is 0 Å². The van der Waals surface area contributed by atoms with Gasteiger partial charge in [-0.2, -0.15) is 0 Å². The van der Waals surface area contributed by atoms with Crippen LogP contribution in [-0.4, -0.2) is 21.8 Å². The molecule has 1 aliphatic rings. The van der Waals surface area contributed by atoms with Gasteiger partial charge in [-0.1, -0.05) is 41.9 Å². The average molecular weight is 558 g/mol. The molecule has 0 unspecified atom stereocenters. The molecule has 200 valence electrons. The first-order valence-corrected chi connectivity index (χ1v) is 12.7. The highest BCUT2D eigenvalue weighted by atomic mass is 35.5. The number of ether oxygens (including phenoxy) is 2. The Morgan fingerprint density at radius 1 is 0.925 bits per heavy atom. The van der Waals surface area contributed by atoms with Gasteiger partial charge in [0.05, 0.1) is 23.1 Å². The van der Waals surface area contributed by atoms with Crippen molar-refractivity contribution in [2.75, 3.05) is 6.79 Å². The third-order valence-electron chi connectivity index (χ3n) is 6.65. The molecule has 0 aliphatic carbocycles. The molecule has 6 rings (SSSR count). The molecule has 0 spiro atoms. The molecule has 10 heteroatoms. The molecule has 5 aromatic rings. The van der Waals surface area contributed by atoms with Crippen molar-refractivity contribution in [1.82, 2.24) is 14.5 Å². The van der Waals surface area contributed by atoms with Gasteiger partial charge in [0.25, 0.3) is 11.5 Å². The van der Waals surface area contributed by atoms with Gasteiger partial charge in [0.15, 0.2) is 11.5 Å². The van der Waals surface area contributed by atoms with Gasteiger partial charge in [-0.15, -0.1) is 0 Å². The molecule has 1 aliphatic heterocycles. The van der Waals surface area contributed by atoms with Crippen LogP contribution in [0.25, 0.3) is 16.6 Å². The summed E-state index contributed by atoms with van der Waals surface area (Å²) in [5.41, 5.74) is 1.03. The molecule has 4 aromatic carbocycles. The summed E-state index contributed by atoms with van der Waals surface area (Å²) < 4.78 is 26.8. The highest BCUT2D eigenvalue weighted by molar-refractivity contribution is 6.31. The summed E-state index contributed by atoms with van der Waals surface area (Å²) in [5.74, 6) is 0.341. The van der Waals surface area contributed by atoms with Crippen LogP contribution in [0.15, 0.2) is 94.5 Å². The minimum absolute atomic E-state index is 0.0518. The number of carbonyl (C=O) groups is 1. The molecule has 1 N–H and O–H groups in total. The van der Waals surface area contributed by atoms with E-state index in [0.717, 1.165) is 16.2 Å². The monoisotopic (exact) mass is 557 g/mol. The summed E-state index contributed by atoms with van der Waals surface area (Å²) >= 11 is 6.28. The zero-order valence-electron chi connectivity index (χ0n) is 20.9. The van der Waals surface area contributed by atoms with Crippen molar-refractivity contribution in [2.45, 2.75) is 13.1 Å². The molecule has 0 fully saturated rings.